The molecule has 2 rings (SSSR count). The molecular weight excluding hydrogens is 377 g/mol. The van der Waals surface area contributed by atoms with Crippen LogP contribution in [0.4, 0.5) is 32.4 Å². The number of carbonyl (C=O) groups excluding carboxylic acids is 1. The van der Waals surface area contributed by atoms with Crippen LogP contribution >= 0.6 is 0 Å². The van der Waals surface area contributed by atoms with Gasteiger partial charge in [0.05, 0.1) is 6.10 Å². The second-order valence-corrected chi connectivity index (χ2v) is 5.34. The van der Waals surface area contributed by atoms with Crippen molar-refractivity contribution in [3.63, 3.8) is 0 Å². The summed E-state index contributed by atoms with van der Waals surface area (Å²) in [4.78, 5) is 15.3. The lowest BCUT2D eigenvalue weighted by Crippen LogP contribution is -2.32. The number of benzene rings is 1. The van der Waals surface area contributed by atoms with E-state index in [1.165, 1.54) is 6.07 Å². The number of aliphatic hydroxyl groups excluding tert-OH is 1. The first-order valence-corrected chi connectivity index (χ1v) is 7.47. The number of urea groups is 1. The molecule has 0 spiro atoms. The number of nitrogens with one attached hydrogen (secondary N) is 2. The zero-order valence-electron chi connectivity index (χ0n) is 13.6. The number of halogens is 5. The van der Waals surface area contributed by atoms with Gasteiger partial charge < -0.3 is 20.5 Å². The van der Waals surface area contributed by atoms with Gasteiger partial charge in [0.1, 0.15) is 11.6 Å². The van der Waals surface area contributed by atoms with Crippen LogP contribution in [-0.2, 0) is 0 Å². The molecule has 2 aromatic rings. The zero-order chi connectivity index (χ0) is 20.0. The molecule has 1 atom stereocenters. The average Bonchev–Trinajstić information content (AvgIpc) is 2.56. The smallest absolute Gasteiger partial charge is 0.422 e. The van der Waals surface area contributed by atoms with Crippen molar-refractivity contribution in [3.05, 3.63) is 53.7 Å². The third-order valence-corrected chi connectivity index (χ3v) is 3.10. The molecule has 0 saturated carbocycles. The van der Waals surface area contributed by atoms with Crippen molar-refractivity contribution in [2.24, 2.45) is 0 Å². The van der Waals surface area contributed by atoms with E-state index in [-0.39, 0.29) is 23.7 Å². The van der Waals surface area contributed by atoms with Gasteiger partial charge in [-0.1, -0.05) is 0 Å². The molecule has 1 heterocycles. The molecule has 6 nitrogen and oxygen atoms in total. The Kier molecular flexibility index (Phi) is 6.50. The van der Waals surface area contributed by atoms with Crippen molar-refractivity contribution in [1.82, 2.24) is 10.3 Å². The number of anilines is 1. The highest BCUT2D eigenvalue weighted by Gasteiger charge is 2.28. The number of carbonyl (C=O) groups is 1. The highest BCUT2D eigenvalue weighted by molar-refractivity contribution is 5.89. The maximum absolute atomic E-state index is 13.0. The molecule has 0 radical (unpaired) electrons. The summed E-state index contributed by atoms with van der Waals surface area (Å²) in [5, 5.41) is 14.4. The van der Waals surface area contributed by atoms with Crippen molar-refractivity contribution in [2.45, 2.75) is 12.3 Å². The summed E-state index contributed by atoms with van der Waals surface area (Å²) in [5.41, 5.74) is 0.0190. The van der Waals surface area contributed by atoms with Gasteiger partial charge in [0, 0.05) is 30.6 Å². The first-order chi connectivity index (χ1) is 12.6. The number of rotatable bonds is 6. The number of aromatic nitrogens is 1. The Labute approximate surface area is 150 Å². The molecule has 0 aliphatic rings. The summed E-state index contributed by atoms with van der Waals surface area (Å²) in [7, 11) is 0. The normalized spacial score (nSPS) is 12.4. The number of hydrogen-bond acceptors (Lipinski definition) is 4. The Balaban J connectivity index is 1.89. The van der Waals surface area contributed by atoms with E-state index >= 15 is 0 Å². The summed E-state index contributed by atoms with van der Waals surface area (Å²) < 4.78 is 67.0. The molecule has 11 heteroatoms. The van der Waals surface area contributed by atoms with Gasteiger partial charge in [0.15, 0.2) is 6.61 Å². The minimum absolute atomic E-state index is 0.133. The molecule has 3 N–H and O–H groups in total. The van der Waals surface area contributed by atoms with Crippen molar-refractivity contribution >= 4 is 11.7 Å². The van der Waals surface area contributed by atoms with Crippen LogP contribution in [0.3, 0.4) is 0 Å². The van der Waals surface area contributed by atoms with Crippen LogP contribution in [0.2, 0.25) is 0 Å². The quantitative estimate of drug-likeness (QED) is 0.661. The van der Waals surface area contributed by atoms with E-state index in [0.717, 1.165) is 24.4 Å². The molecule has 1 aromatic carbocycles. The van der Waals surface area contributed by atoms with Crippen LogP contribution in [0, 0.1) is 11.6 Å². The summed E-state index contributed by atoms with van der Waals surface area (Å²) in [5.74, 6) is -2.11. The summed E-state index contributed by atoms with van der Waals surface area (Å²) in [6, 6.07) is 4.00. The number of ether oxygens (including phenoxy) is 1. The monoisotopic (exact) mass is 391 g/mol. The molecule has 146 valence electrons. The summed E-state index contributed by atoms with van der Waals surface area (Å²) >= 11 is 0. The SMILES string of the molecule is O=C(NC[C@@H](O)c1ccnc(OCC(F)(F)F)c1)Nc1cc(F)cc(F)c1. The maximum Gasteiger partial charge on any atom is 0.422 e. The number of nitrogens with zero attached hydrogens (tertiary/aromatic N) is 1. The van der Waals surface area contributed by atoms with Crippen molar-refractivity contribution < 1.29 is 36.6 Å². The number of pyridine rings is 1. The Morgan fingerprint density at radius 3 is 2.48 bits per heavy atom. The Morgan fingerprint density at radius 1 is 1.19 bits per heavy atom. The Morgan fingerprint density at radius 2 is 1.85 bits per heavy atom. The second-order valence-electron chi connectivity index (χ2n) is 5.34. The standard InChI is InChI=1S/C16H14F5N3O3/c17-10-4-11(18)6-12(5-10)24-15(26)23-7-13(25)9-1-2-22-14(3-9)27-8-16(19,20)21/h1-6,13,25H,7-8H2,(H2,23,24,26)/t13-/m1/s1. The third kappa shape index (κ3) is 7.05. The van der Waals surface area contributed by atoms with Crippen molar-refractivity contribution in [3.8, 4) is 5.88 Å². The lowest BCUT2D eigenvalue weighted by atomic mass is 10.1. The van der Waals surface area contributed by atoms with E-state index in [4.69, 9.17) is 0 Å². The molecule has 27 heavy (non-hydrogen) atoms. The fourth-order valence-electron chi connectivity index (χ4n) is 1.98. The van der Waals surface area contributed by atoms with E-state index in [0.29, 0.717) is 6.07 Å². The van der Waals surface area contributed by atoms with E-state index in [1.54, 1.807) is 0 Å². The largest absolute Gasteiger partial charge is 0.468 e. The van der Waals surface area contributed by atoms with Crippen molar-refractivity contribution in [2.75, 3.05) is 18.5 Å². The lowest BCUT2D eigenvalue weighted by molar-refractivity contribution is -0.154. The van der Waals surface area contributed by atoms with Crippen LogP contribution in [0.25, 0.3) is 0 Å². The first-order valence-electron chi connectivity index (χ1n) is 7.47. The number of amides is 2. The summed E-state index contributed by atoms with van der Waals surface area (Å²) in [6.45, 7) is -1.86. The molecule has 0 aliphatic carbocycles. The second kappa shape index (κ2) is 8.62. The molecule has 0 saturated heterocycles. The maximum atomic E-state index is 13.0. The van der Waals surface area contributed by atoms with Gasteiger partial charge in [-0.3, -0.25) is 0 Å². The van der Waals surface area contributed by atoms with Crippen molar-refractivity contribution in [1.29, 1.82) is 0 Å². The molecule has 0 bridgehead atoms. The Bertz CT molecular complexity index is 781. The van der Waals surface area contributed by atoms with E-state index in [1.807, 2.05) is 0 Å². The van der Waals surface area contributed by atoms with Gasteiger partial charge in [0.2, 0.25) is 5.88 Å². The van der Waals surface area contributed by atoms with E-state index < -0.39 is 36.6 Å². The number of aliphatic hydroxyl groups is 1. The third-order valence-electron chi connectivity index (χ3n) is 3.10. The molecule has 0 aliphatic heterocycles. The van der Waals surface area contributed by atoms with Gasteiger partial charge in [0.25, 0.3) is 0 Å². The van der Waals surface area contributed by atoms with Gasteiger partial charge in [-0.05, 0) is 23.8 Å². The molecular formula is C16H14F5N3O3. The van der Waals surface area contributed by atoms with Crippen LogP contribution in [0.5, 0.6) is 5.88 Å². The van der Waals surface area contributed by atoms with Crippen LogP contribution < -0.4 is 15.4 Å². The average molecular weight is 391 g/mol. The van der Waals surface area contributed by atoms with Crippen LogP contribution in [-0.4, -0.2) is 35.4 Å². The highest BCUT2D eigenvalue weighted by Crippen LogP contribution is 2.20. The molecule has 0 fully saturated rings. The predicted molar refractivity (Wildman–Crippen MR) is 84.1 cm³/mol. The topological polar surface area (TPSA) is 83.5 Å². The van der Waals surface area contributed by atoms with E-state index in [9.17, 15) is 31.9 Å². The van der Waals surface area contributed by atoms with Crippen LogP contribution in [0.15, 0.2) is 36.5 Å². The van der Waals surface area contributed by atoms with Gasteiger partial charge >= 0.3 is 12.2 Å². The number of hydrogen-bond donors (Lipinski definition) is 3. The van der Waals surface area contributed by atoms with Crippen LogP contribution in [0.1, 0.15) is 11.7 Å². The molecule has 2 amide bonds. The lowest BCUT2D eigenvalue weighted by Gasteiger charge is -2.14. The first kappa shape index (κ1) is 20.4. The molecule has 1 aromatic heterocycles. The van der Waals surface area contributed by atoms with Gasteiger partial charge in [-0.15, -0.1) is 0 Å². The fraction of sp³-hybridized carbons (Fsp3) is 0.250. The van der Waals surface area contributed by atoms with E-state index in [2.05, 4.69) is 20.4 Å². The predicted octanol–water partition coefficient (Wildman–Crippen LogP) is 3.16. The fourth-order valence-corrected chi connectivity index (χ4v) is 1.98. The minimum atomic E-state index is -4.54. The molecule has 0 unspecified atom stereocenters. The number of alkyl halides is 3. The highest BCUT2D eigenvalue weighted by atomic mass is 19.4. The minimum Gasteiger partial charge on any atom is -0.468 e. The zero-order valence-corrected chi connectivity index (χ0v) is 13.6. The Hall–Kier alpha value is -2.95. The van der Waals surface area contributed by atoms with Gasteiger partial charge in [-0.2, -0.15) is 13.2 Å². The summed E-state index contributed by atoms with van der Waals surface area (Å²) in [6.07, 6.45) is -4.68. The van der Waals surface area contributed by atoms with Gasteiger partial charge in [-0.25, -0.2) is 18.6 Å².